The molecule has 3 aromatic carbocycles. The van der Waals surface area contributed by atoms with Gasteiger partial charge in [-0.15, -0.1) is 0 Å². The Kier molecular flexibility index (Phi) is 16.4. The second kappa shape index (κ2) is 20.4. The normalized spacial score (nSPS) is 11.2. The summed E-state index contributed by atoms with van der Waals surface area (Å²) in [6.45, 7) is 8.76. The number of aromatic hydroxyl groups is 3. The number of nitrogens with zero attached hydrogens (tertiary/aromatic N) is 6. The lowest BCUT2D eigenvalue weighted by molar-refractivity contribution is 0.479. The zero-order valence-electron chi connectivity index (χ0n) is 32.2. The van der Waals surface area contributed by atoms with E-state index in [1.54, 1.807) is 25.7 Å². The summed E-state index contributed by atoms with van der Waals surface area (Å²) in [4.78, 5) is 50.1. The number of rotatable bonds is 10. The highest BCUT2D eigenvalue weighted by molar-refractivity contribution is 6.41. The van der Waals surface area contributed by atoms with Crippen LogP contribution in [-0.2, 0) is 39.8 Å². The van der Waals surface area contributed by atoms with Crippen molar-refractivity contribution in [3.05, 3.63) is 96.9 Å². The molecular weight excluding hydrogens is 879 g/mol. The third kappa shape index (κ3) is 9.59. The van der Waals surface area contributed by atoms with Crippen LogP contribution < -0.4 is 32.6 Å². The molecule has 0 atom stereocenters. The molecule has 0 fully saturated rings. The van der Waals surface area contributed by atoms with Gasteiger partial charge in [-0.2, -0.15) is 0 Å². The van der Waals surface area contributed by atoms with Crippen LogP contribution in [0.25, 0.3) is 32.7 Å². The van der Waals surface area contributed by atoms with Crippen molar-refractivity contribution in [3.8, 4) is 17.2 Å². The van der Waals surface area contributed by atoms with Crippen LogP contribution in [0.1, 0.15) is 44.7 Å². The van der Waals surface area contributed by atoms with E-state index in [0.717, 1.165) is 13.0 Å². The molecule has 0 spiro atoms. The Morgan fingerprint density at radius 1 is 0.569 bits per heavy atom. The fraction of sp³-hybridized carbons (Fsp3) is 0.351. The van der Waals surface area contributed by atoms with Gasteiger partial charge < -0.3 is 31.3 Å². The van der Waals surface area contributed by atoms with Gasteiger partial charge in [0, 0.05) is 20.1 Å². The molecule has 0 unspecified atom stereocenters. The molecule has 0 amide bonds. The maximum absolute atomic E-state index is 12.6. The van der Waals surface area contributed by atoms with Gasteiger partial charge in [0.05, 0.1) is 65.9 Å². The van der Waals surface area contributed by atoms with Crippen molar-refractivity contribution in [2.45, 2.75) is 59.9 Å². The summed E-state index contributed by atoms with van der Waals surface area (Å²) >= 11 is 35.7. The fourth-order valence-electron chi connectivity index (χ4n) is 5.86. The number of hydrogen-bond donors (Lipinski definition) is 6. The molecular formula is C37H41Cl6N9O6. The third-order valence-electron chi connectivity index (χ3n) is 8.67. The van der Waals surface area contributed by atoms with Gasteiger partial charge in [-0.3, -0.25) is 28.1 Å². The molecule has 0 aliphatic heterocycles. The van der Waals surface area contributed by atoms with E-state index in [9.17, 15) is 29.7 Å². The van der Waals surface area contributed by atoms with Crippen LogP contribution in [0.4, 0.5) is 0 Å². The van der Waals surface area contributed by atoms with Crippen LogP contribution in [0.15, 0.2) is 32.6 Å². The summed E-state index contributed by atoms with van der Waals surface area (Å²) in [6, 6.07) is 4.05. The molecule has 0 saturated carbocycles. The van der Waals surface area contributed by atoms with Crippen molar-refractivity contribution in [1.82, 2.24) is 44.6 Å². The summed E-state index contributed by atoms with van der Waals surface area (Å²) in [7, 11) is 5.13. The predicted molar refractivity (Wildman–Crippen MR) is 233 cm³/mol. The maximum atomic E-state index is 12.6. The number of nitrogens with one attached hydrogen (secondary N) is 3. The molecule has 0 saturated heterocycles. The Bertz CT molecular complexity index is 2690. The molecule has 58 heavy (non-hydrogen) atoms. The molecule has 3 aromatic heterocycles. The standard InChI is InChI=1S/C13H15Cl2N3O2.2C12H13Cl2N3O2/c1-3-4-18-9(6-16-2)17-11-10(13(18)20)7(14)5-8(15)12(11)19;1-3-15-5-8-16-10-9(12(19)17(8)2)6(13)4-7(14)11(10)18;1-3-17-8(5-15-2)16-10-9(12(17)19)6(13)4-7(14)11(10)18/h5,16,19H,3-4,6H2,1-2H3;2*4,15,18H,3,5H2,1-2H3. The molecule has 0 aliphatic rings. The molecule has 3 heterocycles. The van der Waals surface area contributed by atoms with E-state index in [4.69, 9.17) is 69.6 Å². The fourth-order valence-corrected chi connectivity index (χ4v) is 7.46. The van der Waals surface area contributed by atoms with Gasteiger partial charge in [0.2, 0.25) is 0 Å². The first-order valence-electron chi connectivity index (χ1n) is 17.8. The van der Waals surface area contributed by atoms with Crippen LogP contribution in [0.5, 0.6) is 17.2 Å². The first-order valence-corrected chi connectivity index (χ1v) is 20.0. The minimum atomic E-state index is -0.310. The number of phenols is 3. The minimum absolute atomic E-state index is 0.0765. The topological polar surface area (TPSA) is 201 Å². The number of benzene rings is 3. The van der Waals surface area contributed by atoms with Gasteiger partial charge in [0.15, 0.2) is 17.2 Å². The lowest BCUT2D eigenvalue weighted by atomic mass is 10.2. The monoisotopic (exact) mass is 917 g/mol. The number of fused-ring (bicyclic) bond motifs is 3. The molecule has 0 radical (unpaired) electrons. The molecule has 15 nitrogen and oxygen atoms in total. The summed E-state index contributed by atoms with van der Waals surface area (Å²) in [6.07, 6.45) is 0.793. The quantitative estimate of drug-likeness (QED) is 0.0847. The van der Waals surface area contributed by atoms with Crippen molar-refractivity contribution in [3.63, 3.8) is 0 Å². The zero-order chi connectivity index (χ0) is 43.2. The molecule has 6 N–H and O–H groups in total. The largest absolute Gasteiger partial charge is 0.504 e. The first kappa shape index (κ1) is 46.8. The maximum Gasteiger partial charge on any atom is 0.263 e. The second-order valence-electron chi connectivity index (χ2n) is 12.5. The van der Waals surface area contributed by atoms with Gasteiger partial charge in [0.25, 0.3) is 16.7 Å². The van der Waals surface area contributed by atoms with Crippen LogP contribution >= 0.6 is 69.6 Å². The average Bonchev–Trinajstić information content (AvgIpc) is 3.17. The average molecular weight is 921 g/mol. The van der Waals surface area contributed by atoms with E-state index in [1.807, 2.05) is 20.8 Å². The van der Waals surface area contributed by atoms with Gasteiger partial charge in [-0.25, -0.2) is 15.0 Å². The van der Waals surface area contributed by atoms with E-state index in [-0.39, 0.29) is 96.8 Å². The van der Waals surface area contributed by atoms with Crippen molar-refractivity contribution in [2.24, 2.45) is 7.05 Å². The van der Waals surface area contributed by atoms with Crippen molar-refractivity contribution < 1.29 is 15.3 Å². The van der Waals surface area contributed by atoms with E-state index >= 15 is 0 Å². The van der Waals surface area contributed by atoms with E-state index in [2.05, 4.69) is 30.9 Å². The van der Waals surface area contributed by atoms with Crippen molar-refractivity contribution in [2.75, 3.05) is 20.6 Å². The van der Waals surface area contributed by atoms with Gasteiger partial charge in [0.1, 0.15) is 34.0 Å². The summed E-state index contributed by atoms with van der Waals surface area (Å²) < 4.78 is 4.49. The highest BCUT2D eigenvalue weighted by atomic mass is 35.5. The number of halogens is 6. The number of hydrogen-bond acceptors (Lipinski definition) is 12. The van der Waals surface area contributed by atoms with E-state index < -0.39 is 0 Å². The smallest absolute Gasteiger partial charge is 0.263 e. The lowest BCUT2D eigenvalue weighted by Gasteiger charge is -2.14. The minimum Gasteiger partial charge on any atom is -0.504 e. The lowest BCUT2D eigenvalue weighted by Crippen LogP contribution is -2.28. The summed E-state index contributed by atoms with van der Waals surface area (Å²) in [5.41, 5.74) is -0.445. The Balaban J connectivity index is 0.000000193. The Labute approximate surface area is 362 Å². The SMILES string of the molecule is CCCn1c(CNC)nc2c(O)c(Cl)cc(Cl)c2c1=O.CCNCc1nc2c(O)c(Cl)cc(Cl)c2c(=O)n1C.CCn1c(CNC)nc2c(O)c(Cl)cc(Cl)c2c1=O. The molecule has 6 aromatic rings. The van der Waals surface area contributed by atoms with Crippen LogP contribution in [-0.4, -0.2) is 64.6 Å². The van der Waals surface area contributed by atoms with Crippen LogP contribution in [0, 0.1) is 0 Å². The van der Waals surface area contributed by atoms with E-state index in [0.29, 0.717) is 50.2 Å². The predicted octanol–water partition coefficient (Wildman–Crippen LogP) is 6.74. The second-order valence-corrected chi connectivity index (χ2v) is 15.0. The molecule has 6 rings (SSSR count). The highest BCUT2D eigenvalue weighted by Crippen LogP contribution is 2.37. The Morgan fingerprint density at radius 3 is 1.33 bits per heavy atom. The Hall–Kier alpha value is -3.90. The molecule has 0 bridgehead atoms. The highest BCUT2D eigenvalue weighted by Gasteiger charge is 2.20. The molecule has 312 valence electrons. The molecule has 21 heteroatoms. The van der Waals surface area contributed by atoms with Crippen LogP contribution in [0.2, 0.25) is 30.1 Å². The van der Waals surface area contributed by atoms with Gasteiger partial charge in [-0.05, 0) is 52.2 Å². The zero-order valence-corrected chi connectivity index (χ0v) is 36.7. The Morgan fingerprint density at radius 2 is 0.948 bits per heavy atom. The van der Waals surface area contributed by atoms with Crippen molar-refractivity contribution in [1.29, 1.82) is 0 Å². The number of aromatic nitrogens is 6. The molecule has 0 aliphatic carbocycles. The van der Waals surface area contributed by atoms with Gasteiger partial charge >= 0.3 is 0 Å². The summed E-state index contributed by atoms with van der Waals surface area (Å²) in [5, 5.41) is 40.2. The van der Waals surface area contributed by atoms with Gasteiger partial charge in [-0.1, -0.05) is 83.5 Å². The van der Waals surface area contributed by atoms with E-state index in [1.165, 1.54) is 27.3 Å². The third-order valence-corrected chi connectivity index (χ3v) is 10.4. The van der Waals surface area contributed by atoms with Crippen LogP contribution in [0.3, 0.4) is 0 Å². The summed E-state index contributed by atoms with van der Waals surface area (Å²) in [5.74, 6) is 0.907. The first-order chi connectivity index (χ1) is 27.5. The number of phenolic OH excluding ortho intramolecular Hbond substituents is 3. The van der Waals surface area contributed by atoms with Crippen molar-refractivity contribution >= 4 is 102 Å².